The molecule has 1 aromatic carbocycles. The van der Waals surface area contributed by atoms with Gasteiger partial charge in [0.1, 0.15) is 10.0 Å². The molecule has 2 N–H and O–H groups in total. The third kappa shape index (κ3) is 4.00. The number of sulfonamides is 1. The lowest BCUT2D eigenvalue weighted by Gasteiger charge is -2.12. The maximum atomic E-state index is 12.3. The maximum Gasteiger partial charge on any atom is 0.272 e. The SMILES string of the molecule is Cc1ccc(S(=O)(=O)Nc2ccc(Nc3cccc(C)c3C)cn2)s1. The van der Waals surface area contributed by atoms with Crippen molar-refractivity contribution >= 4 is 38.6 Å². The van der Waals surface area contributed by atoms with Gasteiger partial charge in [-0.1, -0.05) is 12.1 Å². The van der Waals surface area contributed by atoms with Gasteiger partial charge >= 0.3 is 0 Å². The number of aromatic nitrogens is 1. The van der Waals surface area contributed by atoms with E-state index in [9.17, 15) is 8.42 Å². The van der Waals surface area contributed by atoms with Gasteiger partial charge in [0.15, 0.2) is 0 Å². The lowest BCUT2D eigenvalue weighted by molar-refractivity contribution is 0.603. The molecule has 7 heteroatoms. The summed E-state index contributed by atoms with van der Waals surface area (Å²) in [4.78, 5) is 5.14. The second-order valence-electron chi connectivity index (χ2n) is 5.78. The van der Waals surface area contributed by atoms with Crippen molar-refractivity contribution in [1.29, 1.82) is 0 Å². The van der Waals surface area contributed by atoms with Gasteiger partial charge in [0.2, 0.25) is 0 Å². The summed E-state index contributed by atoms with van der Waals surface area (Å²) >= 11 is 1.23. The van der Waals surface area contributed by atoms with Crippen molar-refractivity contribution in [3.63, 3.8) is 0 Å². The highest BCUT2D eigenvalue weighted by molar-refractivity contribution is 7.94. The topological polar surface area (TPSA) is 71.1 Å². The first kappa shape index (κ1) is 17.4. The summed E-state index contributed by atoms with van der Waals surface area (Å²) < 4.78 is 27.4. The number of nitrogens with one attached hydrogen (secondary N) is 2. The van der Waals surface area contributed by atoms with Crippen LogP contribution in [0, 0.1) is 20.8 Å². The van der Waals surface area contributed by atoms with Gasteiger partial charge in [-0.15, -0.1) is 11.3 Å². The van der Waals surface area contributed by atoms with Crippen molar-refractivity contribution in [2.75, 3.05) is 10.0 Å². The van der Waals surface area contributed by atoms with Crippen molar-refractivity contribution in [3.05, 3.63) is 64.7 Å². The van der Waals surface area contributed by atoms with Gasteiger partial charge in [-0.25, -0.2) is 13.4 Å². The average Bonchev–Trinajstić information content (AvgIpc) is 3.01. The molecule has 3 rings (SSSR count). The van der Waals surface area contributed by atoms with Crippen molar-refractivity contribution in [2.45, 2.75) is 25.0 Å². The summed E-state index contributed by atoms with van der Waals surface area (Å²) in [5, 5.41) is 3.30. The van der Waals surface area contributed by atoms with E-state index >= 15 is 0 Å². The van der Waals surface area contributed by atoms with Crippen LogP contribution in [0.3, 0.4) is 0 Å². The van der Waals surface area contributed by atoms with Gasteiger partial charge in [0.25, 0.3) is 10.0 Å². The third-order valence-corrected chi connectivity index (χ3v) is 6.71. The van der Waals surface area contributed by atoms with Crippen LogP contribution in [-0.4, -0.2) is 13.4 Å². The van der Waals surface area contributed by atoms with Gasteiger partial charge < -0.3 is 5.32 Å². The third-order valence-electron chi connectivity index (χ3n) is 3.87. The summed E-state index contributed by atoms with van der Waals surface area (Å²) in [6.07, 6.45) is 1.61. The lowest BCUT2D eigenvalue weighted by Crippen LogP contribution is -2.12. The molecule has 3 aromatic rings. The van der Waals surface area contributed by atoms with E-state index < -0.39 is 10.0 Å². The van der Waals surface area contributed by atoms with Crippen molar-refractivity contribution < 1.29 is 8.42 Å². The Morgan fingerprint density at radius 3 is 2.44 bits per heavy atom. The second kappa shape index (κ2) is 6.85. The summed E-state index contributed by atoms with van der Waals surface area (Å²) in [5.74, 6) is 0.289. The lowest BCUT2D eigenvalue weighted by atomic mass is 10.1. The standard InChI is InChI=1S/C18H19N3O2S2/c1-12-5-4-6-16(14(12)3)20-15-8-9-17(19-11-15)21-25(22,23)18-10-7-13(2)24-18/h4-11,20H,1-3H3,(H,19,21). The molecule has 5 nitrogen and oxygen atoms in total. The number of hydrogen-bond donors (Lipinski definition) is 2. The van der Waals surface area contributed by atoms with Crippen LogP contribution in [0.4, 0.5) is 17.2 Å². The smallest absolute Gasteiger partial charge is 0.272 e. The van der Waals surface area contributed by atoms with Crippen LogP contribution >= 0.6 is 11.3 Å². The van der Waals surface area contributed by atoms with E-state index in [4.69, 9.17) is 0 Å². The minimum absolute atomic E-state index is 0.282. The predicted octanol–water partition coefficient (Wildman–Crippen LogP) is 4.61. The molecule has 0 aliphatic carbocycles. The molecule has 0 amide bonds. The fourth-order valence-corrected chi connectivity index (χ4v) is 4.61. The Morgan fingerprint density at radius 1 is 1.00 bits per heavy atom. The first-order valence-electron chi connectivity index (χ1n) is 7.74. The van der Waals surface area contributed by atoms with Crippen molar-refractivity contribution in [3.8, 4) is 0 Å². The van der Waals surface area contributed by atoms with Crippen molar-refractivity contribution in [1.82, 2.24) is 4.98 Å². The quantitative estimate of drug-likeness (QED) is 0.685. The predicted molar refractivity (Wildman–Crippen MR) is 103 cm³/mol. The van der Waals surface area contributed by atoms with E-state index in [1.54, 1.807) is 30.5 Å². The highest BCUT2D eigenvalue weighted by atomic mass is 32.2. The number of benzene rings is 1. The van der Waals surface area contributed by atoms with Crippen LogP contribution in [-0.2, 0) is 10.0 Å². The number of nitrogens with zero attached hydrogens (tertiary/aromatic N) is 1. The molecule has 0 aliphatic heterocycles. The Bertz CT molecular complexity index is 993. The van der Waals surface area contributed by atoms with Gasteiger partial charge in [-0.2, -0.15) is 0 Å². The molecule has 0 saturated carbocycles. The number of hydrogen-bond acceptors (Lipinski definition) is 5. The molecule has 0 aliphatic rings. The molecule has 130 valence electrons. The van der Waals surface area contributed by atoms with Gasteiger partial charge in [0.05, 0.1) is 11.9 Å². The van der Waals surface area contributed by atoms with Crippen LogP contribution in [0.5, 0.6) is 0 Å². The molecule has 0 saturated heterocycles. The Hall–Kier alpha value is -2.38. The Kier molecular flexibility index (Phi) is 4.78. The van der Waals surface area contributed by atoms with Crippen LogP contribution in [0.1, 0.15) is 16.0 Å². The van der Waals surface area contributed by atoms with E-state index in [1.807, 2.05) is 19.1 Å². The highest BCUT2D eigenvalue weighted by Crippen LogP contribution is 2.25. The second-order valence-corrected chi connectivity index (χ2v) is 8.97. The minimum Gasteiger partial charge on any atom is -0.354 e. The first-order chi connectivity index (χ1) is 11.8. The molecule has 0 spiro atoms. The molecule has 0 unspecified atom stereocenters. The summed E-state index contributed by atoms with van der Waals surface area (Å²) in [6.45, 7) is 5.98. The molecule has 2 aromatic heterocycles. The molecular weight excluding hydrogens is 354 g/mol. The molecule has 0 atom stereocenters. The average molecular weight is 374 g/mol. The van der Waals surface area contributed by atoms with Crippen LogP contribution in [0.15, 0.2) is 52.9 Å². The zero-order valence-corrected chi connectivity index (χ0v) is 15.8. The summed E-state index contributed by atoms with van der Waals surface area (Å²) in [6, 6.07) is 12.9. The normalized spacial score (nSPS) is 11.3. The Labute approximate surface area is 151 Å². The molecule has 25 heavy (non-hydrogen) atoms. The van der Waals surface area contributed by atoms with E-state index in [-0.39, 0.29) is 10.0 Å². The van der Waals surface area contributed by atoms with Gasteiger partial charge in [-0.05, 0) is 62.2 Å². The number of thiophene rings is 1. The monoisotopic (exact) mass is 373 g/mol. The summed E-state index contributed by atoms with van der Waals surface area (Å²) in [7, 11) is -3.59. The van der Waals surface area contributed by atoms with E-state index in [0.29, 0.717) is 0 Å². The van der Waals surface area contributed by atoms with Crippen LogP contribution in [0.25, 0.3) is 0 Å². The first-order valence-corrected chi connectivity index (χ1v) is 10.0. The molecule has 2 heterocycles. The van der Waals surface area contributed by atoms with Crippen LogP contribution in [0.2, 0.25) is 0 Å². The largest absolute Gasteiger partial charge is 0.354 e. The van der Waals surface area contributed by atoms with Gasteiger partial charge in [0, 0.05) is 10.6 Å². The molecule has 0 bridgehead atoms. The number of rotatable bonds is 5. The number of aryl methyl sites for hydroxylation is 2. The Balaban J connectivity index is 1.75. The zero-order chi connectivity index (χ0) is 18.0. The molecule has 0 radical (unpaired) electrons. The van der Waals surface area contributed by atoms with E-state index in [0.717, 1.165) is 16.3 Å². The fourth-order valence-electron chi connectivity index (χ4n) is 2.31. The van der Waals surface area contributed by atoms with Crippen molar-refractivity contribution in [2.24, 2.45) is 0 Å². The number of anilines is 3. The highest BCUT2D eigenvalue weighted by Gasteiger charge is 2.16. The van der Waals surface area contributed by atoms with E-state index in [1.165, 1.54) is 22.5 Å². The Morgan fingerprint density at radius 2 is 1.80 bits per heavy atom. The van der Waals surface area contributed by atoms with Crippen LogP contribution < -0.4 is 10.0 Å². The molecular formula is C18H19N3O2S2. The van der Waals surface area contributed by atoms with E-state index in [2.05, 4.69) is 34.9 Å². The summed E-state index contributed by atoms with van der Waals surface area (Å²) in [5.41, 5.74) is 4.17. The maximum absolute atomic E-state index is 12.3. The zero-order valence-electron chi connectivity index (χ0n) is 14.2. The van der Waals surface area contributed by atoms with Gasteiger partial charge in [-0.3, -0.25) is 4.72 Å². The number of pyridine rings is 1. The minimum atomic E-state index is -3.59. The fraction of sp³-hybridized carbons (Fsp3) is 0.167. The molecule has 0 fully saturated rings.